The minimum Gasteiger partial charge on any atom is -0.335 e. The van der Waals surface area contributed by atoms with Crippen molar-refractivity contribution in [2.24, 2.45) is 4.40 Å². The number of hydrogen-bond donors (Lipinski definition) is 0. The lowest BCUT2D eigenvalue weighted by molar-refractivity contribution is -0.128. The molecule has 5 rings (SSSR count). The molecule has 2 aromatic rings. The second-order valence-electron chi connectivity index (χ2n) is 7.99. The lowest BCUT2D eigenvalue weighted by Crippen LogP contribution is -2.51. The Morgan fingerprint density at radius 2 is 1.50 bits per heavy atom. The highest BCUT2D eigenvalue weighted by Crippen LogP contribution is 2.20. The zero-order valence-corrected chi connectivity index (χ0v) is 18.2. The molecule has 0 aromatic heterocycles. The van der Waals surface area contributed by atoms with E-state index < -0.39 is 10.0 Å². The molecular weight excluding hydrogens is 428 g/mol. The Morgan fingerprint density at radius 3 is 2.25 bits per heavy atom. The van der Waals surface area contributed by atoms with E-state index in [0.29, 0.717) is 43.2 Å². The highest BCUT2D eigenvalue weighted by molar-refractivity contribution is 7.90. The molecule has 0 bridgehead atoms. The van der Waals surface area contributed by atoms with Crippen molar-refractivity contribution in [3.05, 3.63) is 72.0 Å². The van der Waals surface area contributed by atoms with Gasteiger partial charge in [0, 0.05) is 44.5 Å². The topological polar surface area (TPSA) is 90.4 Å². The Morgan fingerprint density at radius 1 is 0.812 bits per heavy atom. The van der Waals surface area contributed by atoms with Gasteiger partial charge in [0.2, 0.25) is 0 Å². The summed E-state index contributed by atoms with van der Waals surface area (Å²) >= 11 is 0. The first-order valence-corrected chi connectivity index (χ1v) is 12.1. The molecule has 0 unspecified atom stereocenters. The fourth-order valence-corrected chi connectivity index (χ4v) is 5.10. The molecule has 1 fully saturated rings. The fraction of sp³-hybridized carbons (Fsp3) is 0.261. The molecule has 0 N–H and O–H groups in total. The van der Waals surface area contributed by atoms with Crippen molar-refractivity contribution in [2.45, 2.75) is 0 Å². The van der Waals surface area contributed by atoms with Gasteiger partial charge in [-0.2, -0.15) is 0 Å². The average molecular weight is 451 g/mol. The molecule has 0 spiro atoms. The van der Waals surface area contributed by atoms with Gasteiger partial charge in [0.05, 0.1) is 11.3 Å². The molecule has 1 saturated heterocycles. The van der Waals surface area contributed by atoms with Crippen LogP contribution in [0.3, 0.4) is 0 Å². The van der Waals surface area contributed by atoms with Crippen LogP contribution in [0.1, 0.15) is 10.4 Å². The first-order valence-electron chi connectivity index (χ1n) is 10.5. The Labute approximate surface area is 186 Å². The van der Waals surface area contributed by atoms with Crippen LogP contribution in [-0.4, -0.2) is 79.2 Å². The molecule has 2 amide bonds. The number of benzene rings is 2. The minimum absolute atomic E-state index is 0.0324. The van der Waals surface area contributed by atoms with Crippen LogP contribution in [0.25, 0.3) is 10.8 Å². The molecule has 0 saturated carbocycles. The Balaban J connectivity index is 1.24. The van der Waals surface area contributed by atoms with E-state index >= 15 is 0 Å². The van der Waals surface area contributed by atoms with Crippen molar-refractivity contribution < 1.29 is 18.0 Å². The summed E-state index contributed by atoms with van der Waals surface area (Å²) in [4.78, 5) is 31.1. The number of carbonyl (C=O) groups excluding carboxylic acids is 2. The van der Waals surface area contributed by atoms with Crippen LogP contribution in [0.5, 0.6) is 0 Å². The van der Waals surface area contributed by atoms with Gasteiger partial charge in [-0.3, -0.25) is 9.59 Å². The molecule has 9 heteroatoms. The van der Waals surface area contributed by atoms with Crippen molar-refractivity contribution in [2.75, 3.05) is 38.5 Å². The van der Waals surface area contributed by atoms with Crippen LogP contribution in [-0.2, 0) is 14.8 Å². The summed E-state index contributed by atoms with van der Waals surface area (Å²) in [6, 6.07) is 13.6. The number of amides is 2. The van der Waals surface area contributed by atoms with Crippen LogP contribution in [0, 0.1) is 0 Å². The fourth-order valence-electron chi connectivity index (χ4n) is 4.13. The van der Waals surface area contributed by atoms with Crippen LogP contribution in [0.2, 0.25) is 0 Å². The first kappa shape index (κ1) is 20.4. The van der Waals surface area contributed by atoms with Gasteiger partial charge in [-0.1, -0.05) is 30.3 Å². The number of hydrogen-bond acceptors (Lipinski definition) is 5. The maximum Gasteiger partial charge on any atom is 0.256 e. The average Bonchev–Trinajstić information content (AvgIpc) is 2.82. The normalized spacial score (nSPS) is 19.9. The summed E-state index contributed by atoms with van der Waals surface area (Å²) in [7, 11) is -3.43. The monoisotopic (exact) mass is 450 g/mol. The van der Waals surface area contributed by atoms with Crippen LogP contribution >= 0.6 is 0 Å². The summed E-state index contributed by atoms with van der Waals surface area (Å²) in [6.45, 7) is 2.08. The number of piperazine rings is 1. The van der Waals surface area contributed by atoms with Gasteiger partial charge in [0.25, 0.3) is 21.8 Å². The third-order valence-electron chi connectivity index (χ3n) is 5.92. The molecule has 0 radical (unpaired) electrons. The molecule has 3 aliphatic heterocycles. The predicted molar refractivity (Wildman–Crippen MR) is 122 cm³/mol. The second kappa shape index (κ2) is 7.90. The van der Waals surface area contributed by atoms with E-state index in [1.54, 1.807) is 33.1 Å². The zero-order chi connectivity index (χ0) is 22.3. The predicted octanol–water partition coefficient (Wildman–Crippen LogP) is 1.62. The molecule has 2 aromatic carbocycles. The SMILES string of the molecule is O=C(C1=CN2CCS(=O)(=O)N=C2C=C1)N1CCN(C(=O)c2ccc3ccccc3c2)CC1. The lowest BCUT2D eigenvalue weighted by Gasteiger charge is -2.36. The van der Waals surface area contributed by atoms with Crippen molar-refractivity contribution >= 4 is 38.4 Å². The van der Waals surface area contributed by atoms with Gasteiger partial charge in [0.15, 0.2) is 0 Å². The third kappa shape index (κ3) is 3.91. The Bertz CT molecular complexity index is 1300. The quantitative estimate of drug-likeness (QED) is 0.694. The van der Waals surface area contributed by atoms with E-state index in [4.69, 9.17) is 0 Å². The molecule has 32 heavy (non-hydrogen) atoms. The van der Waals surface area contributed by atoms with E-state index in [-0.39, 0.29) is 24.1 Å². The highest BCUT2D eigenvalue weighted by atomic mass is 32.2. The van der Waals surface area contributed by atoms with E-state index in [1.165, 1.54) is 0 Å². The first-order chi connectivity index (χ1) is 15.4. The maximum atomic E-state index is 13.0. The molecular formula is C23H22N4O4S. The number of rotatable bonds is 2. The lowest BCUT2D eigenvalue weighted by atomic mass is 10.1. The Hall–Kier alpha value is -3.46. The van der Waals surface area contributed by atoms with Gasteiger partial charge in [-0.25, -0.2) is 8.42 Å². The van der Waals surface area contributed by atoms with E-state index in [1.807, 2.05) is 42.5 Å². The van der Waals surface area contributed by atoms with Gasteiger partial charge in [-0.05, 0) is 35.1 Å². The number of sulfonamides is 1. The van der Waals surface area contributed by atoms with Crippen LogP contribution < -0.4 is 0 Å². The smallest absolute Gasteiger partial charge is 0.256 e. The van der Waals surface area contributed by atoms with Gasteiger partial charge < -0.3 is 14.7 Å². The second-order valence-corrected chi connectivity index (χ2v) is 9.75. The van der Waals surface area contributed by atoms with Gasteiger partial charge >= 0.3 is 0 Å². The van der Waals surface area contributed by atoms with Crippen molar-refractivity contribution in [1.29, 1.82) is 0 Å². The number of carbonyl (C=O) groups is 2. The molecule has 0 aliphatic carbocycles. The van der Waals surface area contributed by atoms with Gasteiger partial charge in [0.1, 0.15) is 5.84 Å². The van der Waals surface area contributed by atoms with Crippen molar-refractivity contribution in [3.63, 3.8) is 0 Å². The highest BCUT2D eigenvalue weighted by Gasteiger charge is 2.29. The van der Waals surface area contributed by atoms with E-state index in [0.717, 1.165) is 10.8 Å². The standard InChI is InChI=1S/C23H22N4O4S/c28-22(19-6-5-17-3-1-2-4-18(17)15-19)25-9-11-26(12-10-25)23(29)20-7-8-21-24-32(30,31)14-13-27(21)16-20/h1-8,15-16H,9-14H2. The third-order valence-corrected chi connectivity index (χ3v) is 7.09. The van der Waals surface area contributed by atoms with Gasteiger partial charge in [-0.15, -0.1) is 4.40 Å². The molecule has 3 aliphatic rings. The number of amidine groups is 1. The molecule has 3 heterocycles. The maximum absolute atomic E-state index is 13.0. The largest absolute Gasteiger partial charge is 0.335 e. The summed E-state index contributed by atoms with van der Waals surface area (Å²) in [5, 5.41) is 2.12. The summed E-state index contributed by atoms with van der Waals surface area (Å²) in [5.74, 6) is 0.0952. The van der Waals surface area contributed by atoms with Crippen LogP contribution in [0.15, 0.2) is 70.8 Å². The summed E-state index contributed by atoms with van der Waals surface area (Å²) < 4.78 is 27.0. The Kier molecular flexibility index (Phi) is 5.05. The van der Waals surface area contributed by atoms with E-state index in [2.05, 4.69) is 4.40 Å². The molecule has 0 atom stereocenters. The van der Waals surface area contributed by atoms with Crippen molar-refractivity contribution in [1.82, 2.24) is 14.7 Å². The summed E-state index contributed by atoms with van der Waals surface area (Å²) in [6.07, 6.45) is 4.82. The number of fused-ring (bicyclic) bond motifs is 2. The number of nitrogens with zero attached hydrogens (tertiary/aromatic N) is 4. The molecule has 8 nitrogen and oxygen atoms in total. The molecule has 164 valence electrons. The van der Waals surface area contributed by atoms with Crippen molar-refractivity contribution in [3.8, 4) is 0 Å². The minimum atomic E-state index is -3.43. The zero-order valence-electron chi connectivity index (χ0n) is 17.3. The van der Waals surface area contributed by atoms with Crippen LogP contribution in [0.4, 0.5) is 0 Å². The van der Waals surface area contributed by atoms with E-state index in [9.17, 15) is 18.0 Å². The summed E-state index contributed by atoms with van der Waals surface area (Å²) in [5.41, 5.74) is 1.13.